The lowest BCUT2D eigenvalue weighted by Crippen LogP contribution is -2.02. The molecule has 0 spiro atoms. The zero-order chi connectivity index (χ0) is 18.8. The average molecular weight is 364 g/mol. The van der Waals surface area contributed by atoms with Gasteiger partial charge in [0.25, 0.3) is 0 Å². The van der Waals surface area contributed by atoms with Crippen LogP contribution in [0.2, 0.25) is 0 Å². The third-order valence-electron chi connectivity index (χ3n) is 4.75. The van der Waals surface area contributed by atoms with Gasteiger partial charge in [0.1, 0.15) is 5.82 Å². The first kappa shape index (κ1) is 17.1. The van der Waals surface area contributed by atoms with E-state index in [1.54, 1.807) is 0 Å². The lowest BCUT2D eigenvalue weighted by molar-refractivity contribution is 0.367. The van der Waals surface area contributed by atoms with Crippen LogP contribution in [-0.2, 0) is 13.0 Å². The molecule has 0 saturated heterocycles. The number of phenolic OH excluding ortho intramolecular Hbond substituents is 3. The van der Waals surface area contributed by atoms with E-state index in [9.17, 15) is 15.3 Å². The van der Waals surface area contributed by atoms with Crippen molar-refractivity contribution in [2.75, 3.05) is 0 Å². The molecule has 0 unspecified atom stereocenters. The smallest absolute Gasteiger partial charge is 0.200 e. The Morgan fingerprint density at radius 2 is 1.70 bits per heavy atom. The largest absolute Gasteiger partial charge is 0.504 e. The van der Waals surface area contributed by atoms with Crippen LogP contribution in [0.4, 0.5) is 5.69 Å². The number of benzene rings is 2. The van der Waals surface area contributed by atoms with E-state index in [2.05, 4.69) is 19.8 Å². The van der Waals surface area contributed by atoms with Gasteiger partial charge < -0.3 is 19.9 Å². The maximum Gasteiger partial charge on any atom is 0.200 e. The number of hydrogen-bond acceptors (Lipinski definition) is 6. The Labute approximate surface area is 156 Å². The topological polar surface area (TPSA) is 104 Å². The number of phenols is 3. The van der Waals surface area contributed by atoms with Crippen LogP contribution in [0.25, 0.3) is 11.4 Å². The Morgan fingerprint density at radius 1 is 0.889 bits per heavy atom. The minimum Gasteiger partial charge on any atom is -0.504 e. The summed E-state index contributed by atoms with van der Waals surface area (Å²) in [6.45, 7) is 0.946. The number of hydrogen-bond donors (Lipinski definition) is 3. The summed E-state index contributed by atoms with van der Waals surface area (Å²) in [4.78, 5) is 4.31. The summed E-state index contributed by atoms with van der Waals surface area (Å²) < 4.78 is 2.20. The van der Waals surface area contributed by atoms with Gasteiger partial charge in [-0.2, -0.15) is 0 Å². The number of aromatic nitrogens is 3. The highest BCUT2D eigenvalue weighted by Crippen LogP contribution is 2.36. The standard InChI is InChI=1S/C20H20N4O3/c25-16-10-7-14(18(26)19(16)27)12-21-15-8-5-13(6-9-15)20-23-22-17-4-2-1-3-11-24(17)20/h5-10,12,25-27H,1-4,11H2. The van der Waals surface area contributed by atoms with Crippen molar-refractivity contribution in [2.45, 2.75) is 32.2 Å². The minimum atomic E-state index is -0.554. The zero-order valence-electron chi connectivity index (χ0n) is 14.7. The molecule has 7 heteroatoms. The molecule has 1 aliphatic heterocycles. The zero-order valence-corrected chi connectivity index (χ0v) is 14.7. The molecule has 1 aliphatic rings. The summed E-state index contributed by atoms with van der Waals surface area (Å²) in [5.41, 5.74) is 2.00. The second-order valence-electron chi connectivity index (χ2n) is 6.58. The third-order valence-corrected chi connectivity index (χ3v) is 4.75. The lowest BCUT2D eigenvalue weighted by atomic mass is 10.1. The van der Waals surface area contributed by atoms with Crippen molar-refractivity contribution in [3.8, 4) is 28.6 Å². The molecule has 2 aromatic carbocycles. The van der Waals surface area contributed by atoms with Gasteiger partial charge in [0.05, 0.1) is 5.69 Å². The van der Waals surface area contributed by atoms with Gasteiger partial charge in [0.2, 0.25) is 5.75 Å². The highest BCUT2D eigenvalue weighted by molar-refractivity contribution is 5.87. The number of rotatable bonds is 3. The normalized spacial score (nSPS) is 14.2. The van der Waals surface area contributed by atoms with Crippen LogP contribution in [0.15, 0.2) is 41.4 Å². The van der Waals surface area contributed by atoms with Crippen molar-refractivity contribution in [2.24, 2.45) is 4.99 Å². The lowest BCUT2D eigenvalue weighted by Gasteiger charge is -2.07. The fraction of sp³-hybridized carbons (Fsp3) is 0.250. The first-order valence-corrected chi connectivity index (χ1v) is 8.94. The molecule has 0 radical (unpaired) electrons. The molecule has 3 aromatic rings. The number of aromatic hydroxyl groups is 3. The first-order valence-electron chi connectivity index (χ1n) is 8.94. The van der Waals surface area contributed by atoms with Gasteiger partial charge >= 0.3 is 0 Å². The van der Waals surface area contributed by atoms with Crippen LogP contribution in [0.1, 0.15) is 30.7 Å². The maximum atomic E-state index is 9.84. The summed E-state index contributed by atoms with van der Waals surface area (Å²) in [7, 11) is 0. The molecule has 138 valence electrons. The molecule has 0 saturated carbocycles. The van der Waals surface area contributed by atoms with E-state index in [1.165, 1.54) is 24.8 Å². The molecule has 3 N–H and O–H groups in total. The van der Waals surface area contributed by atoms with Crippen LogP contribution in [0, 0.1) is 0 Å². The van der Waals surface area contributed by atoms with Crippen LogP contribution in [0.3, 0.4) is 0 Å². The van der Waals surface area contributed by atoms with Crippen molar-refractivity contribution in [3.05, 3.63) is 47.8 Å². The van der Waals surface area contributed by atoms with Crippen molar-refractivity contribution >= 4 is 11.9 Å². The highest BCUT2D eigenvalue weighted by Gasteiger charge is 2.15. The Kier molecular flexibility index (Phi) is 4.50. The first-order chi connectivity index (χ1) is 13.1. The molecular formula is C20H20N4O3. The number of aryl methyl sites for hydroxylation is 1. The molecule has 0 amide bonds. The van der Waals surface area contributed by atoms with Crippen LogP contribution < -0.4 is 0 Å². The van der Waals surface area contributed by atoms with Gasteiger partial charge in [-0.25, -0.2) is 0 Å². The van der Waals surface area contributed by atoms with Crippen molar-refractivity contribution in [1.82, 2.24) is 14.8 Å². The minimum absolute atomic E-state index is 0.317. The van der Waals surface area contributed by atoms with Crippen LogP contribution >= 0.6 is 0 Å². The molecule has 0 aliphatic carbocycles. The summed E-state index contributed by atoms with van der Waals surface area (Å²) in [6, 6.07) is 10.4. The predicted molar refractivity (Wildman–Crippen MR) is 102 cm³/mol. The summed E-state index contributed by atoms with van der Waals surface area (Å²) in [5, 5.41) is 37.5. The number of aliphatic imine (C=N–C) groups is 1. The van der Waals surface area contributed by atoms with E-state index in [-0.39, 0.29) is 5.75 Å². The Hall–Kier alpha value is -3.35. The summed E-state index contributed by atoms with van der Waals surface area (Å²) >= 11 is 0. The number of nitrogens with zero attached hydrogens (tertiary/aromatic N) is 4. The van der Waals surface area contributed by atoms with E-state index < -0.39 is 11.5 Å². The van der Waals surface area contributed by atoms with Gasteiger partial charge in [0.15, 0.2) is 17.3 Å². The fourth-order valence-corrected chi connectivity index (χ4v) is 3.23. The Bertz CT molecular complexity index is 993. The van der Waals surface area contributed by atoms with Gasteiger partial charge in [-0.05, 0) is 49.2 Å². The fourth-order valence-electron chi connectivity index (χ4n) is 3.23. The molecule has 1 aromatic heterocycles. The van der Waals surface area contributed by atoms with E-state index >= 15 is 0 Å². The number of fused-ring (bicyclic) bond motifs is 1. The molecule has 0 bridgehead atoms. The summed E-state index contributed by atoms with van der Waals surface area (Å²) in [5.74, 6) is 0.598. The van der Waals surface area contributed by atoms with E-state index in [4.69, 9.17) is 0 Å². The molecule has 0 atom stereocenters. The van der Waals surface area contributed by atoms with Gasteiger partial charge in [-0.1, -0.05) is 6.42 Å². The van der Waals surface area contributed by atoms with E-state index in [0.29, 0.717) is 11.3 Å². The molecule has 7 nitrogen and oxygen atoms in total. The van der Waals surface area contributed by atoms with E-state index in [0.717, 1.165) is 43.0 Å². The Morgan fingerprint density at radius 3 is 2.52 bits per heavy atom. The second-order valence-corrected chi connectivity index (χ2v) is 6.58. The van der Waals surface area contributed by atoms with Gasteiger partial charge in [-0.3, -0.25) is 4.99 Å². The van der Waals surface area contributed by atoms with Crippen LogP contribution in [0.5, 0.6) is 17.2 Å². The summed E-state index contributed by atoms with van der Waals surface area (Å²) in [6.07, 6.45) is 5.93. The quantitative estimate of drug-likeness (QED) is 0.487. The molecule has 27 heavy (non-hydrogen) atoms. The molecule has 0 fully saturated rings. The van der Waals surface area contributed by atoms with Gasteiger partial charge in [-0.15, -0.1) is 10.2 Å². The maximum absolute atomic E-state index is 9.84. The van der Waals surface area contributed by atoms with Crippen molar-refractivity contribution in [3.63, 3.8) is 0 Å². The molecule has 2 heterocycles. The monoisotopic (exact) mass is 364 g/mol. The van der Waals surface area contributed by atoms with E-state index in [1.807, 2.05) is 24.3 Å². The second kappa shape index (κ2) is 7.11. The van der Waals surface area contributed by atoms with Crippen LogP contribution in [-0.4, -0.2) is 36.3 Å². The molecule has 4 rings (SSSR count). The van der Waals surface area contributed by atoms with Gasteiger partial charge in [0, 0.05) is 30.3 Å². The predicted octanol–water partition coefficient (Wildman–Crippen LogP) is 3.54. The third kappa shape index (κ3) is 3.36. The Balaban J connectivity index is 1.57. The van der Waals surface area contributed by atoms with Crippen molar-refractivity contribution in [1.29, 1.82) is 0 Å². The average Bonchev–Trinajstić information content (AvgIpc) is 2.94. The van der Waals surface area contributed by atoms with Crippen molar-refractivity contribution < 1.29 is 15.3 Å². The SMILES string of the molecule is Oc1ccc(C=Nc2ccc(-c3nnc4n3CCCCC4)cc2)c(O)c1O. The molecular weight excluding hydrogens is 344 g/mol. The highest BCUT2D eigenvalue weighted by atomic mass is 16.3.